The van der Waals surface area contributed by atoms with Gasteiger partial charge in [-0.25, -0.2) is 4.79 Å². The second-order valence-corrected chi connectivity index (χ2v) is 8.51. The van der Waals surface area contributed by atoms with Crippen LogP contribution in [0.15, 0.2) is 48.1 Å². The third-order valence-electron chi connectivity index (χ3n) is 5.34. The fourth-order valence-electron chi connectivity index (χ4n) is 3.59. The SMILES string of the molecule is CCCCCCCCC/C=C\C/C=C\C/C=C\CCCCCC1=C[C@](C)(O)OC1=O. The molecular weight excluding hydrogens is 372 g/mol. The summed E-state index contributed by atoms with van der Waals surface area (Å²) in [5.41, 5.74) is 0.608. The second-order valence-electron chi connectivity index (χ2n) is 8.51. The van der Waals surface area contributed by atoms with Crippen LogP contribution in [0.2, 0.25) is 0 Å². The molecule has 3 heteroatoms. The number of rotatable bonds is 18. The van der Waals surface area contributed by atoms with Crippen LogP contribution in [0.4, 0.5) is 0 Å². The van der Waals surface area contributed by atoms with Gasteiger partial charge in [-0.05, 0) is 57.4 Å². The molecule has 1 atom stereocenters. The molecular formula is C27H44O3. The molecule has 3 nitrogen and oxygen atoms in total. The van der Waals surface area contributed by atoms with Crippen LogP contribution in [0.3, 0.4) is 0 Å². The number of carbonyl (C=O) groups is 1. The van der Waals surface area contributed by atoms with Crippen molar-refractivity contribution in [3.8, 4) is 0 Å². The van der Waals surface area contributed by atoms with E-state index in [0.29, 0.717) is 12.0 Å². The normalized spacial score (nSPS) is 19.4. The van der Waals surface area contributed by atoms with Gasteiger partial charge in [-0.3, -0.25) is 0 Å². The van der Waals surface area contributed by atoms with Crippen LogP contribution in [-0.2, 0) is 9.53 Å². The first-order chi connectivity index (χ1) is 14.5. The number of esters is 1. The molecule has 1 N–H and O–H groups in total. The molecule has 1 aliphatic heterocycles. The first-order valence-corrected chi connectivity index (χ1v) is 12.2. The van der Waals surface area contributed by atoms with E-state index in [2.05, 4.69) is 43.4 Å². The fourth-order valence-corrected chi connectivity index (χ4v) is 3.59. The Labute approximate surface area is 185 Å². The molecule has 0 aromatic carbocycles. The Morgan fingerprint density at radius 1 is 0.800 bits per heavy atom. The Hall–Kier alpha value is -1.61. The molecule has 0 saturated heterocycles. The Morgan fingerprint density at radius 3 is 1.83 bits per heavy atom. The molecule has 30 heavy (non-hydrogen) atoms. The standard InChI is InChI=1S/C27H44O3/c1-3-4-5-6-7-8-9-10-11-12-13-14-15-16-17-18-19-20-21-22-23-25-24-27(2,29)30-26(25)28/h11-12,14-15,17-18,24,29H,3-10,13,16,19-23H2,1-2H3/b12-11-,15-14-,18-17-/t27-/m1/s1. The third kappa shape index (κ3) is 14.4. The minimum Gasteiger partial charge on any atom is -0.426 e. The molecule has 1 rings (SSSR count). The summed E-state index contributed by atoms with van der Waals surface area (Å²) in [6, 6.07) is 0. The Kier molecular flexibility index (Phi) is 15.1. The van der Waals surface area contributed by atoms with Crippen molar-refractivity contribution in [2.24, 2.45) is 0 Å². The molecule has 0 amide bonds. The first kappa shape index (κ1) is 26.4. The first-order valence-electron chi connectivity index (χ1n) is 12.2. The van der Waals surface area contributed by atoms with Gasteiger partial charge >= 0.3 is 5.97 Å². The number of hydrogen-bond donors (Lipinski definition) is 1. The molecule has 0 aliphatic carbocycles. The van der Waals surface area contributed by atoms with Crippen LogP contribution in [-0.4, -0.2) is 16.9 Å². The average molecular weight is 417 g/mol. The second kappa shape index (κ2) is 17.1. The van der Waals surface area contributed by atoms with E-state index >= 15 is 0 Å². The van der Waals surface area contributed by atoms with Crippen molar-refractivity contribution in [1.82, 2.24) is 0 Å². The summed E-state index contributed by atoms with van der Waals surface area (Å²) in [6.45, 7) is 3.76. The van der Waals surface area contributed by atoms with Crippen LogP contribution >= 0.6 is 0 Å². The van der Waals surface area contributed by atoms with Gasteiger partial charge in [0, 0.05) is 12.5 Å². The maximum absolute atomic E-state index is 11.5. The largest absolute Gasteiger partial charge is 0.426 e. The predicted octanol–water partition coefficient (Wildman–Crippen LogP) is 7.72. The van der Waals surface area contributed by atoms with E-state index in [9.17, 15) is 9.90 Å². The van der Waals surface area contributed by atoms with Crippen LogP contribution in [0, 0.1) is 0 Å². The maximum Gasteiger partial charge on any atom is 0.336 e. The Morgan fingerprint density at radius 2 is 1.30 bits per heavy atom. The lowest BCUT2D eigenvalue weighted by Crippen LogP contribution is -2.22. The Bertz CT molecular complexity index is 567. The van der Waals surface area contributed by atoms with Crippen molar-refractivity contribution >= 4 is 5.97 Å². The summed E-state index contributed by atoms with van der Waals surface area (Å²) in [5.74, 6) is -1.79. The van der Waals surface area contributed by atoms with Gasteiger partial charge in [0.15, 0.2) is 0 Å². The molecule has 0 bridgehead atoms. The zero-order valence-electron chi connectivity index (χ0n) is 19.4. The van der Waals surface area contributed by atoms with Crippen LogP contribution in [0.5, 0.6) is 0 Å². The molecule has 1 aliphatic rings. The number of ether oxygens (including phenoxy) is 1. The zero-order chi connectivity index (χ0) is 21.9. The minimum absolute atomic E-state index is 0.376. The van der Waals surface area contributed by atoms with Crippen molar-refractivity contribution < 1.29 is 14.6 Å². The zero-order valence-corrected chi connectivity index (χ0v) is 19.4. The lowest BCUT2D eigenvalue weighted by molar-refractivity contribution is -0.172. The van der Waals surface area contributed by atoms with E-state index in [4.69, 9.17) is 4.74 Å². The van der Waals surface area contributed by atoms with E-state index in [1.165, 1.54) is 64.4 Å². The molecule has 0 spiro atoms. The number of allylic oxidation sites excluding steroid dienone is 6. The molecule has 0 radical (unpaired) electrons. The lowest BCUT2D eigenvalue weighted by atomic mass is 10.1. The van der Waals surface area contributed by atoms with Gasteiger partial charge < -0.3 is 9.84 Å². The summed E-state index contributed by atoms with van der Waals surface area (Å²) < 4.78 is 4.86. The van der Waals surface area contributed by atoms with Crippen LogP contribution in [0.1, 0.15) is 110 Å². The van der Waals surface area contributed by atoms with E-state index in [1.54, 1.807) is 0 Å². The monoisotopic (exact) mass is 416 g/mol. The summed E-state index contributed by atoms with van der Waals surface area (Å²) in [4.78, 5) is 11.5. The van der Waals surface area contributed by atoms with Gasteiger partial charge in [-0.15, -0.1) is 0 Å². The van der Waals surface area contributed by atoms with Crippen molar-refractivity contribution in [2.75, 3.05) is 0 Å². The lowest BCUT2D eigenvalue weighted by Gasteiger charge is -2.11. The summed E-state index contributed by atoms with van der Waals surface area (Å²) >= 11 is 0. The fraction of sp³-hybridized carbons (Fsp3) is 0.667. The van der Waals surface area contributed by atoms with E-state index in [-0.39, 0.29) is 5.97 Å². The quantitative estimate of drug-likeness (QED) is 0.141. The summed E-state index contributed by atoms with van der Waals surface area (Å²) in [5, 5.41) is 9.66. The van der Waals surface area contributed by atoms with Crippen molar-refractivity contribution in [3.63, 3.8) is 0 Å². The molecule has 1 heterocycles. The van der Waals surface area contributed by atoms with Crippen LogP contribution in [0.25, 0.3) is 0 Å². The Balaban J connectivity index is 1.88. The molecule has 0 fully saturated rings. The topological polar surface area (TPSA) is 46.5 Å². The van der Waals surface area contributed by atoms with Gasteiger partial charge in [0.05, 0.1) is 0 Å². The van der Waals surface area contributed by atoms with Crippen molar-refractivity contribution in [3.05, 3.63) is 48.1 Å². The molecule has 0 aromatic heterocycles. The number of cyclic esters (lactones) is 1. The summed E-state index contributed by atoms with van der Waals surface area (Å²) in [7, 11) is 0. The molecule has 0 saturated carbocycles. The summed E-state index contributed by atoms with van der Waals surface area (Å²) in [6.07, 6.45) is 32.9. The van der Waals surface area contributed by atoms with Gasteiger partial charge in [0.25, 0.3) is 0 Å². The number of aliphatic hydroxyl groups is 1. The van der Waals surface area contributed by atoms with Gasteiger partial charge in [-0.2, -0.15) is 0 Å². The minimum atomic E-state index is -1.41. The number of unbranched alkanes of at least 4 members (excludes halogenated alkanes) is 10. The average Bonchev–Trinajstić information content (AvgIpc) is 2.97. The third-order valence-corrected chi connectivity index (χ3v) is 5.34. The van der Waals surface area contributed by atoms with E-state index < -0.39 is 5.79 Å². The molecule has 0 unspecified atom stereocenters. The predicted molar refractivity (Wildman–Crippen MR) is 127 cm³/mol. The van der Waals surface area contributed by atoms with Gasteiger partial charge in [0.1, 0.15) is 0 Å². The van der Waals surface area contributed by atoms with E-state index in [0.717, 1.165) is 38.5 Å². The maximum atomic E-state index is 11.5. The highest BCUT2D eigenvalue weighted by Crippen LogP contribution is 2.25. The molecule has 170 valence electrons. The van der Waals surface area contributed by atoms with Crippen molar-refractivity contribution in [1.29, 1.82) is 0 Å². The molecule has 0 aromatic rings. The highest BCUT2D eigenvalue weighted by atomic mass is 16.7. The number of carbonyl (C=O) groups excluding carboxylic acids is 1. The van der Waals surface area contributed by atoms with E-state index in [1.807, 2.05) is 0 Å². The van der Waals surface area contributed by atoms with Gasteiger partial charge in [-0.1, -0.05) is 88.3 Å². The number of hydrogen-bond acceptors (Lipinski definition) is 3. The smallest absolute Gasteiger partial charge is 0.336 e. The van der Waals surface area contributed by atoms with Crippen molar-refractivity contribution in [2.45, 2.75) is 116 Å². The highest BCUT2D eigenvalue weighted by Gasteiger charge is 2.32. The van der Waals surface area contributed by atoms with Crippen LogP contribution < -0.4 is 0 Å². The highest BCUT2D eigenvalue weighted by molar-refractivity contribution is 5.91. The van der Waals surface area contributed by atoms with Gasteiger partial charge in [0.2, 0.25) is 5.79 Å².